The van der Waals surface area contributed by atoms with Gasteiger partial charge in [-0.1, -0.05) is 27.7 Å². The summed E-state index contributed by atoms with van der Waals surface area (Å²) in [5.41, 5.74) is 3.27. The van der Waals surface area contributed by atoms with E-state index >= 15 is 0 Å². The van der Waals surface area contributed by atoms with E-state index in [4.69, 9.17) is 5.84 Å². The second-order valence-corrected chi connectivity index (χ2v) is 5.88. The maximum Gasteiger partial charge on any atom is 0.148 e. The topological polar surface area (TPSA) is 96.1 Å². The van der Waals surface area contributed by atoms with E-state index in [-0.39, 0.29) is 17.9 Å². The van der Waals surface area contributed by atoms with Crippen LogP contribution in [-0.4, -0.2) is 28.2 Å². The van der Waals surface area contributed by atoms with Crippen molar-refractivity contribution < 1.29 is 5.11 Å². The monoisotopic (exact) mass is 267 g/mol. The molecule has 0 saturated carbocycles. The SMILES string of the molecule is Cc1c(NN)nc(C(C)C)nc1NCC(C)(C)CO. The number of aliphatic hydroxyl groups excluding tert-OH is 1. The Morgan fingerprint density at radius 2 is 1.84 bits per heavy atom. The first-order valence-electron chi connectivity index (χ1n) is 6.50. The van der Waals surface area contributed by atoms with Gasteiger partial charge in [-0.2, -0.15) is 0 Å². The zero-order valence-corrected chi connectivity index (χ0v) is 12.4. The van der Waals surface area contributed by atoms with E-state index < -0.39 is 0 Å². The molecule has 1 aromatic rings. The van der Waals surface area contributed by atoms with Crippen molar-refractivity contribution in [1.29, 1.82) is 0 Å². The van der Waals surface area contributed by atoms with E-state index in [0.717, 1.165) is 17.2 Å². The molecule has 0 fully saturated rings. The maximum absolute atomic E-state index is 9.28. The highest BCUT2D eigenvalue weighted by atomic mass is 16.3. The van der Waals surface area contributed by atoms with Crippen molar-refractivity contribution in [3.05, 3.63) is 11.4 Å². The molecular weight excluding hydrogens is 242 g/mol. The van der Waals surface area contributed by atoms with Crippen molar-refractivity contribution in [1.82, 2.24) is 9.97 Å². The zero-order chi connectivity index (χ0) is 14.6. The molecule has 1 rings (SSSR count). The molecule has 0 aromatic carbocycles. The molecule has 0 amide bonds. The standard InChI is InChI=1S/C13H25N5O/c1-8(2)10-16-11(9(3)12(17-10)18-14)15-6-13(4,5)7-19/h8,19H,6-7,14H2,1-5H3,(H2,15,16,17,18). The molecule has 0 aliphatic heterocycles. The Labute approximate surface area is 114 Å². The highest BCUT2D eigenvalue weighted by molar-refractivity contribution is 5.56. The van der Waals surface area contributed by atoms with Crippen LogP contribution in [0.25, 0.3) is 0 Å². The van der Waals surface area contributed by atoms with Crippen LogP contribution in [-0.2, 0) is 0 Å². The predicted octanol–water partition coefficient (Wildman–Crippen LogP) is 1.62. The van der Waals surface area contributed by atoms with Crippen LogP contribution in [0.15, 0.2) is 0 Å². The minimum atomic E-state index is -0.203. The molecule has 0 radical (unpaired) electrons. The molecule has 19 heavy (non-hydrogen) atoms. The molecule has 108 valence electrons. The van der Waals surface area contributed by atoms with Gasteiger partial charge in [-0.3, -0.25) is 0 Å². The van der Waals surface area contributed by atoms with Crippen molar-refractivity contribution in [2.75, 3.05) is 23.9 Å². The van der Waals surface area contributed by atoms with Gasteiger partial charge in [0.1, 0.15) is 17.5 Å². The summed E-state index contributed by atoms with van der Waals surface area (Å²) in [6, 6.07) is 0. The number of aliphatic hydroxyl groups is 1. The summed E-state index contributed by atoms with van der Waals surface area (Å²) in [5.74, 6) is 7.83. The van der Waals surface area contributed by atoms with Gasteiger partial charge in [0.25, 0.3) is 0 Å². The highest BCUT2D eigenvalue weighted by Gasteiger charge is 2.18. The second kappa shape index (κ2) is 6.16. The van der Waals surface area contributed by atoms with Crippen molar-refractivity contribution in [3.8, 4) is 0 Å². The quantitative estimate of drug-likeness (QED) is 0.462. The Kier molecular flexibility index (Phi) is 5.08. The lowest BCUT2D eigenvalue weighted by atomic mass is 9.95. The summed E-state index contributed by atoms with van der Waals surface area (Å²) in [4.78, 5) is 8.90. The van der Waals surface area contributed by atoms with E-state index in [9.17, 15) is 5.11 Å². The van der Waals surface area contributed by atoms with Gasteiger partial charge in [0.15, 0.2) is 0 Å². The van der Waals surface area contributed by atoms with Crippen LogP contribution < -0.4 is 16.6 Å². The molecule has 0 saturated heterocycles. The van der Waals surface area contributed by atoms with E-state index in [1.54, 1.807) is 0 Å². The Hall–Kier alpha value is -1.40. The van der Waals surface area contributed by atoms with E-state index in [1.165, 1.54) is 0 Å². The maximum atomic E-state index is 9.28. The van der Waals surface area contributed by atoms with Crippen molar-refractivity contribution in [2.45, 2.75) is 40.5 Å². The van der Waals surface area contributed by atoms with Gasteiger partial charge in [-0.25, -0.2) is 15.8 Å². The number of nitrogens with one attached hydrogen (secondary N) is 2. The van der Waals surface area contributed by atoms with E-state index in [2.05, 4.69) is 20.7 Å². The minimum absolute atomic E-state index is 0.114. The van der Waals surface area contributed by atoms with Crippen LogP contribution >= 0.6 is 0 Å². The Morgan fingerprint density at radius 1 is 1.26 bits per heavy atom. The number of hydrogen-bond acceptors (Lipinski definition) is 6. The van der Waals surface area contributed by atoms with Crippen LogP contribution in [0.2, 0.25) is 0 Å². The minimum Gasteiger partial charge on any atom is -0.396 e. The Balaban J connectivity index is 3.02. The van der Waals surface area contributed by atoms with Gasteiger partial charge in [0.05, 0.1) is 0 Å². The fourth-order valence-corrected chi connectivity index (χ4v) is 1.48. The van der Waals surface area contributed by atoms with Gasteiger partial charge in [0.2, 0.25) is 0 Å². The fourth-order valence-electron chi connectivity index (χ4n) is 1.48. The summed E-state index contributed by atoms with van der Waals surface area (Å²) in [6.07, 6.45) is 0. The third-order valence-corrected chi connectivity index (χ3v) is 2.98. The van der Waals surface area contributed by atoms with Gasteiger partial charge in [0, 0.05) is 30.0 Å². The molecule has 5 N–H and O–H groups in total. The molecule has 0 spiro atoms. The average molecular weight is 267 g/mol. The number of anilines is 2. The number of nitrogens with two attached hydrogens (primary N) is 1. The summed E-state index contributed by atoms with van der Waals surface area (Å²) in [7, 11) is 0. The Morgan fingerprint density at radius 3 is 2.32 bits per heavy atom. The second-order valence-electron chi connectivity index (χ2n) is 5.88. The molecular formula is C13H25N5O. The number of nitrogen functional groups attached to an aromatic ring is 1. The average Bonchev–Trinajstić information content (AvgIpc) is 2.37. The third kappa shape index (κ3) is 4.04. The summed E-state index contributed by atoms with van der Waals surface area (Å²) >= 11 is 0. The third-order valence-electron chi connectivity index (χ3n) is 2.98. The number of aromatic nitrogens is 2. The lowest BCUT2D eigenvalue weighted by molar-refractivity contribution is 0.170. The van der Waals surface area contributed by atoms with Gasteiger partial charge < -0.3 is 15.8 Å². The lowest BCUT2D eigenvalue weighted by Crippen LogP contribution is -2.28. The van der Waals surface area contributed by atoms with E-state index in [0.29, 0.717) is 12.4 Å². The number of hydrazine groups is 1. The Bertz CT molecular complexity index is 431. The molecule has 6 nitrogen and oxygen atoms in total. The molecule has 1 heterocycles. The molecule has 6 heteroatoms. The summed E-state index contributed by atoms with van der Waals surface area (Å²) in [6.45, 7) is 10.7. The fraction of sp³-hybridized carbons (Fsp3) is 0.692. The molecule has 0 aliphatic rings. The van der Waals surface area contributed by atoms with Crippen molar-refractivity contribution in [2.24, 2.45) is 11.3 Å². The largest absolute Gasteiger partial charge is 0.396 e. The lowest BCUT2D eigenvalue weighted by Gasteiger charge is -2.23. The molecule has 0 aliphatic carbocycles. The van der Waals surface area contributed by atoms with Crippen LogP contribution in [0.4, 0.5) is 11.6 Å². The first kappa shape index (κ1) is 15.7. The summed E-state index contributed by atoms with van der Waals surface area (Å²) < 4.78 is 0. The van der Waals surface area contributed by atoms with Crippen LogP contribution in [0.3, 0.4) is 0 Å². The molecule has 1 aromatic heterocycles. The summed E-state index contributed by atoms with van der Waals surface area (Å²) in [5, 5.41) is 12.5. The van der Waals surface area contributed by atoms with Gasteiger partial charge in [-0.05, 0) is 6.92 Å². The molecule has 0 bridgehead atoms. The van der Waals surface area contributed by atoms with Crippen LogP contribution in [0.5, 0.6) is 0 Å². The van der Waals surface area contributed by atoms with Crippen LogP contribution in [0, 0.1) is 12.3 Å². The molecule has 0 unspecified atom stereocenters. The van der Waals surface area contributed by atoms with Crippen molar-refractivity contribution in [3.63, 3.8) is 0 Å². The van der Waals surface area contributed by atoms with Crippen LogP contribution in [0.1, 0.15) is 45.0 Å². The van der Waals surface area contributed by atoms with E-state index in [1.807, 2.05) is 34.6 Å². The number of nitrogens with zero attached hydrogens (tertiary/aromatic N) is 2. The normalized spacial score (nSPS) is 11.8. The van der Waals surface area contributed by atoms with Gasteiger partial charge >= 0.3 is 0 Å². The van der Waals surface area contributed by atoms with Gasteiger partial charge in [-0.15, -0.1) is 0 Å². The van der Waals surface area contributed by atoms with Crippen molar-refractivity contribution >= 4 is 11.6 Å². The first-order valence-corrected chi connectivity index (χ1v) is 6.50. The first-order chi connectivity index (χ1) is 8.80. The number of hydrogen-bond donors (Lipinski definition) is 4. The molecule has 0 atom stereocenters. The predicted molar refractivity (Wildman–Crippen MR) is 78.0 cm³/mol. The highest BCUT2D eigenvalue weighted by Crippen LogP contribution is 2.24. The number of rotatable bonds is 6. The smallest absolute Gasteiger partial charge is 0.148 e. The zero-order valence-electron chi connectivity index (χ0n) is 12.4.